The first kappa shape index (κ1) is 13.4. The van der Waals surface area contributed by atoms with Crippen LogP contribution in [0.3, 0.4) is 0 Å². The van der Waals surface area contributed by atoms with Crippen molar-refractivity contribution in [2.24, 2.45) is 0 Å². The van der Waals surface area contributed by atoms with Gasteiger partial charge in [-0.05, 0) is 0 Å². The van der Waals surface area contributed by atoms with E-state index in [9.17, 15) is 14.9 Å². The van der Waals surface area contributed by atoms with Crippen LogP contribution in [0.5, 0.6) is 11.5 Å². The van der Waals surface area contributed by atoms with Crippen molar-refractivity contribution in [3.8, 4) is 11.5 Å². The molecular formula is C11H10ClNO6. The fraction of sp³-hybridized carbons (Fsp3) is 0.364. The summed E-state index contributed by atoms with van der Waals surface area (Å²) in [6, 6.07) is 2.52. The second-order valence-electron chi connectivity index (χ2n) is 3.86. The summed E-state index contributed by atoms with van der Waals surface area (Å²) in [5.41, 5.74) is -0.248. The quantitative estimate of drug-likeness (QED) is 0.480. The zero-order chi connectivity index (χ0) is 14.0. The number of esters is 1. The van der Waals surface area contributed by atoms with Crippen LogP contribution < -0.4 is 9.47 Å². The van der Waals surface area contributed by atoms with E-state index in [0.29, 0.717) is 5.75 Å². The predicted octanol–water partition coefficient (Wildman–Crippen LogP) is 1.95. The van der Waals surface area contributed by atoms with Crippen molar-refractivity contribution in [3.05, 3.63) is 27.3 Å². The first-order valence-electron chi connectivity index (χ1n) is 5.38. The molecule has 0 saturated heterocycles. The van der Waals surface area contributed by atoms with Crippen LogP contribution in [-0.4, -0.2) is 30.2 Å². The monoisotopic (exact) mass is 287 g/mol. The van der Waals surface area contributed by atoms with Gasteiger partial charge in [0.05, 0.1) is 11.0 Å². The van der Waals surface area contributed by atoms with Crippen LogP contribution in [-0.2, 0) is 9.53 Å². The average Bonchev–Trinajstić information content (AvgIpc) is 2.34. The van der Waals surface area contributed by atoms with Crippen molar-refractivity contribution in [3.63, 3.8) is 0 Å². The Morgan fingerprint density at radius 1 is 1.58 bits per heavy atom. The lowest BCUT2D eigenvalue weighted by atomic mass is 10.2. The topological polar surface area (TPSA) is 87.9 Å². The Hall–Kier alpha value is -2.02. The molecule has 0 radical (unpaired) electrons. The summed E-state index contributed by atoms with van der Waals surface area (Å²) in [6.45, 7) is 1.47. The van der Waals surface area contributed by atoms with Crippen LogP contribution in [0.15, 0.2) is 12.1 Å². The molecule has 0 N–H and O–H groups in total. The van der Waals surface area contributed by atoms with Gasteiger partial charge in [-0.3, -0.25) is 14.9 Å². The molecule has 8 heteroatoms. The summed E-state index contributed by atoms with van der Waals surface area (Å²) in [6.07, 6.45) is -0.464. The number of hydrogen-bond donors (Lipinski definition) is 0. The molecular weight excluding hydrogens is 278 g/mol. The van der Waals surface area contributed by atoms with Crippen LogP contribution in [0, 0.1) is 10.1 Å². The number of benzene rings is 1. The maximum atomic E-state index is 10.7. The molecule has 1 atom stereocenters. The van der Waals surface area contributed by atoms with Gasteiger partial charge in [0.25, 0.3) is 5.69 Å². The molecule has 1 aliphatic heterocycles. The molecule has 1 aliphatic rings. The molecule has 0 aromatic heterocycles. The summed E-state index contributed by atoms with van der Waals surface area (Å²) >= 11 is 5.77. The van der Waals surface area contributed by atoms with Crippen LogP contribution in [0.2, 0.25) is 5.02 Å². The normalized spacial score (nSPS) is 16.8. The molecule has 2 rings (SSSR count). The molecule has 0 amide bonds. The van der Waals surface area contributed by atoms with E-state index in [0.717, 1.165) is 0 Å². The highest BCUT2D eigenvalue weighted by molar-refractivity contribution is 6.32. The lowest BCUT2D eigenvalue weighted by Gasteiger charge is -2.26. The number of carbonyl (C=O) groups is 1. The van der Waals surface area contributed by atoms with Crippen molar-refractivity contribution in [2.75, 3.05) is 13.2 Å². The molecule has 0 unspecified atom stereocenters. The molecule has 0 spiro atoms. The Morgan fingerprint density at radius 3 is 2.95 bits per heavy atom. The largest absolute Gasteiger partial charge is 0.485 e. The van der Waals surface area contributed by atoms with Crippen molar-refractivity contribution in [1.82, 2.24) is 0 Å². The van der Waals surface area contributed by atoms with E-state index in [-0.39, 0.29) is 29.7 Å². The smallest absolute Gasteiger partial charge is 0.302 e. The molecule has 102 valence electrons. The second kappa shape index (κ2) is 5.31. The van der Waals surface area contributed by atoms with E-state index < -0.39 is 17.0 Å². The Kier molecular flexibility index (Phi) is 3.75. The van der Waals surface area contributed by atoms with Crippen LogP contribution in [0.1, 0.15) is 6.92 Å². The molecule has 0 aliphatic carbocycles. The van der Waals surface area contributed by atoms with E-state index in [4.69, 9.17) is 25.8 Å². The van der Waals surface area contributed by atoms with Gasteiger partial charge in [-0.15, -0.1) is 0 Å². The third kappa shape index (κ3) is 3.05. The SMILES string of the molecule is CC(=O)OC[C@H]1COc2cc([N+](=O)[O-])c(Cl)cc2O1. The van der Waals surface area contributed by atoms with E-state index in [1.165, 1.54) is 19.1 Å². The zero-order valence-electron chi connectivity index (χ0n) is 9.92. The Morgan fingerprint density at radius 2 is 2.32 bits per heavy atom. The van der Waals surface area contributed by atoms with E-state index in [1.807, 2.05) is 0 Å². The molecule has 7 nitrogen and oxygen atoms in total. The van der Waals surface area contributed by atoms with Crippen molar-refractivity contribution in [2.45, 2.75) is 13.0 Å². The predicted molar refractivity (Wildman–Crippen MR) is 64.7 cm³/mol. The molecule has 19 heavy (non-hydrogen) atoms. The fourth-order valence-electron chi connectivity index (χ4n) is 1.56. The van der Waals surface area contributed by atoms with Gasteiger partial charge in [0.1, 0.15) is 18.2 Å². The van der Waals surface area contributed by atoms with Gasteiger partial charge in [-0.1, -0.05) is 11.6 Å². The van der Waals surface area contributed by atoms with Gasteiger partial charge in [0.15, 0.2) is 17.6 Å². The minimum atomic E-state index is -0.600. The van der Waals surface area contributed by atoms with E-state index in [1.54, 1.807) is 0 Å². The first-order valence-corrected chi connectivity index (χ1v) is 5.76. The Bertz CT molecular complexity index is 532. The third-order valence-corrected chi connectivity index (χ3v) is 2.70. The molecule has 1 aromatic carbocycles. The van der Waals surface area contributed by atoms with E-state index >= 15 is 0 Å². The summed E-state index contributed by atoms with van der Waals surface area (Å²) in [7, 11) is 0. The third-order valence-electron chi connectivity index (χ3n) is 2.40. The highest BCUT2D eigenvalue weighted by Gasteiger charge is 2.26. The molecule has 1 aromatic rings. The number of nitro groups is 1. The highest BCUT2D eigenvalue weighted by Crippen LogP contribution is 2.39. The zero-order valence-corrected chi connectivity index (χ0v) is 10.7. The minimum absolute atomic E-state index is 0.0412. The van der Waals surface area contributed by atoms with Crippen LogP contribution in [0.4, 0.5) is 5.69 Å². The lowest BCUT2D eigenvalue weighted by Crippen LogP contribution is -2.34. The summed E-state index contributed by atoms with van der Waals surface area (Å²) in [5, 5.41) is 10.7. The standard InChI is InChI=1S/C11H10ClNO6/c1-6(14)17-4-7-5-18-10-3-9(13(15)16)8(12)2-11(10)19-7/h2-3,7H,4-5H2,1H3/t7-/m0/s1. The van der Waals surface area contributed by atoms with E-state index in [2.05, 4.69) is 0 Å². The molecule has 1 heterocycles. The maximum absolute atomic E-state index is 10.7. The summed E-state index contributed by atoms with van der Waals surface area (Å²) in [4.78, 5) is 20.8. The number of rotatable bonds is 3. The summed E-state index contributed by atoms with van der Waals surface area (Å²) < 4.78 is 15.6. The second-order valence-corrected chi connectivity index (χ2v) is 4.27. The van der Waals surface area contributed by atoms with Crippen molar-refractivity contribution >= 4 is 23.3 Å². The Labute approximate surface area is 113 Å². The highest BCUT2D eigenvalue weighted by atomic mass is 35.5. The number of nitrogens with zero attached hydrogens (tertiary/aromatic N) is 1. The van der Waals surface area contributed by atoms with Crippen molar-refractivity contribution in [1.29, 1.82) is 0 Å². The van der Waals surface area contributed by atoms with Crippen molar-refractivity contribution < 1.29 is 23.9 Å². The van der Waals surface area contributed by atoms with Gasteiger partial charge < -0.3 is 14.2 Å². The molecule has 0 fully saturated rings. The van der Waals surface area contributed by atoms with Gasteiger partial charge in [0.2, 0.25) is 0 Å². The average molecular weight is 288 g/mol. The lowest BCUT2D eigenvalue weighted by molar-refractivity contribution is -0.384. The molecule has 0 bridgehead atoms. The molecule has 0 saturated carbocycles. The van der Waals surface area contributed by atoms with Gasteiger partial charge in [-0.2, -0.15) is 0 Å². The fourth-order valence-corrected chi connectivity index (χ4v) is 1.78. The number of halogens is 1. The number of fused-ring (bicyclic) bond motifs is 1. The van der Waals surface area contributed by atoms with Gasteiger partial charge in [0, 0.05) is 13.0 Å². The number of ether oxygens (including phenoxy) is 3. The first-order chi connectivity index (χ1) is 8.97. The Balaban J connectivity index is 2.15. The van der Waals surface area contributed by atoms with Crippen LogP contribution >= 0.6 is 11.6 Å². The number of nitro benzene ring substituents is 1. The maximum Gasteiger partial charge on any atom is 0.302 e. The number of hydrogen-bond acceptors (Lipinski definition) is 6. The van der Waals surface area contributed by atoms with Gasteiger partial charge in [-0.25, -0.2) is 0 Å². The number of carbonyl (C=O) groups excluding carboxylic acids is 1. The van der Waals surface area contributed by atoms with Gasteiger partial charge >= 0.3 is 5.97 Å². The summed E-state index contributed by atoms with van der Waals surface area (Å²) in [5.74, 6) is 0.116. The minimum Gasteiger partial charge on any atom is -0.485 e. The van der Waals surface area contributed by atoms with Crippen LogP contribution in [0.25, 0.3) is 0 Å².